The molecule has 0 aliphatic rings. The molecule has 0 fully saturated rings. The van der Waals surface area contributed by atoms with Crippen molar-refractivity contribution in [3.05, 3.63) is 479 Å². The first-order valence-electron chi connectivity index (χ1n) is 41.0. The van der Waals surface area contributed by atoms with Crippen molar-refractivity contribution < 1.29 is 0 Å². The molecule has 0 N–H and O–H groups in total. The number of hydrogen-bond acceptors (Lipinski definition) is 3. The third kappa shape index (κ3) is 15.3. The number of pyridine rings is 3. The van der Waals surface area contributed by atoms with Crippen LogP contribution in [0.1, 0.15) is 0 Å². The summed E-state index contributed by atoms with van der Waals surface area (Å²) in [5.41, 5.74) is 29.1. The van der Waals surface area contributed by atoms with E-state index in [1.54, 1.807) is 0 Å². The summed E-state index contributed by atoms with van der Waals surface area (Å²) < 4.78 is 0. The molecule has 0 amide bonds. The first-order chi connectivity index (χ1) is 59.4. The Bertz CT molecular complexity index is 7320. The molecule has 0 saturated heterocycles. The molecule has 3 nitrogen and oxygen atoms in total. The Morgan fingerprint density at radius 1 is 0.100 bits per heavy atom. The first-order valence-corrected chi connectivity index (χ1v) is 41.0. The van der Waals surface area contributed by atoms with E-state index in [4.69, 9.17) is 15.0 Å². The number of nitrogens with zero attached hydrogens (tertiary/aromatic N) is 3. The number of rotatable bonds is 13. The summed E-state index contributed by atoms with van der Waals surface area (Å²) in [5, 5.41) is 15.1. The van der Waals surface area contributed by atoms with Crippen molar-refractivity contribution in [1.82, 2.24) is 15.0 Å². The third-order valence-electron chi connectivity index (χ3n) is 22.9. The molecule has 562 valence electrons. The molecule has 22 rings (SSSR count). The Balaban J connectivity index is 0.000000115. The van der Waals surface area contributed by atoms with Gasteiger partial charge >= 0.3 is 0 Å². The lowest BCUT2D eigenvalue weighted by Gasteiger charge is -2.14. The van der Waals surface area contributed by atoms with Gasteiger partial charge in [-0.3, -0.25) is 0 Å². The van der Waals surface area contributed by atoms with Gasteiger partial charge in [0.1, 0.15) is 0 Å². The molecule has 3 aromatic heterocycles. The van der Waals surface area contributed by atoms with E-state index < -0.39 is 0 Å². The highest BCUT2D eigenvalue weighted by atomic mass is 14.7. The van der Waals surface area contributed by atoms with Crippen LogP contribution in [0.3, 0.4) is 0 Å². The number of benzene rings is 19. The van der Waals surface area contributed by atoms with Crippen molar-refractivity contribution in [2.75, 3.05) is 0 Å². The molecule has 19 aromatic carbocycles. The lowest BCUT2D eigenvalue weighted by molar-refractivity contribution is 1.32. The van der Waals surface area contributed by atoms with E-state index in [1.807, 2.05) is 12.1 Å². The van der Waals surface area contributed by atoms with Gasteiger partial charge in [-0.15, -0.1) is 0 Å². The van der Waals surface area contributed by atoms with E-state index in [0.717, 1.165) is 84.2 Å². The van der Waals surface area contributed by atoms with Crippen molar-refractivity contribution in [2.45, 2.75) is 0 Å². The molecule has 0 saturated carbocycles. The highest BCUT2D eigenvalue weighted by Gasteiger charge is 2.19. The summed E-state index contributed by atoms with van der Waals surface area (Å²) >= 11 is 0. The molecule has 120 heavy (non-hydrogen) atoms. The zero-order valence-electron chi connectivity index (χ0n) is 66.0. The predicted molar refractivity (Wildman–Crippen MR) is 508 cm³/mol. The normalized spacial score (nSPS) is 11.2. The second-order valence-corrected chi connectivity index (χ2v) is 30.5. The number of fused-ring (bicyclic) bond motifs is 9. The van der Waals surface area contributed by atoms with Gasteiger partial charge in [-0.1, -0.05) is 406 Å². The topological polar surface area (TPSA) is 38.7 Å². The average Bonchev–Trinajstić information content (AvgIpc) is 0.763. The summed E-state index contributed by atoms with van der Waals surface area (Å²) in [4.78, 5) is 15.6. The van der Waals surface area contributed by atoms with Gasteiger partial charge in [0.2, 0.25) is 0 Å². The van der Waals surface area contributed by atoms with Crippen LogP contribution in [0.15, 0.2) is 479 Å². The molecular formula is C117H79N3. The van der Waals surface area contributed by atoms with Crippen molar-refractivity contribution in [3.8, 4) is 145 Å². The Hall–Kier alpha value is -15.8. The van der Waals surface area contributed by atoms with Crippen LogP contribution in [0.4, 0.5) is 0 Å². The summed E-state index contributed by atoms with van der Waals surface area (Å²) in [7, 11) is 0. The van der Waals surface area contributed by atoms with Crippen LogP contribution in [0.5, 0.6) is 0 Å². The molecule has 0 unspecified atom stereocenters. The highest BCUT2D eigenvalue weighted by Crippen LogP contribution is 2.43. The summed E-state index contributed by atoms with van der Waals surface area (Å²) in [5.74, 6) is 0. The van der Waals surface area contributed by atoms with Crippen molar-refractivity contribution in [2.24, 2.45) is 0 Å². The summed E-state index contributed by atoms with van der Waals surface area (Å²) in [6.45, 7) is 0. The predicted octanol–water partition coefficient (Wildman–Crippen LogP) is 31.8. The first kappa shape index (κ1) is 73.1. The Morgan fingerprint density at radius 3 is 0.817 bits per heavy atom. The second-order valence-electron chi connectivity index (χ2n) is 30.5. The molecule has 0 aliphatic heterocycles. The average molecular weight is 1530 g/mol. The Morgan fingerprint density at radius 2 is 0.342 bits per heavy atom. The van der Waals surface area contributed by atoms with E-state index in [0.29, 0.717) is 0 Å². The fourth-order valence-electron chi connectivity index (χ4n) is 16.9. The summed E-state index contributed by atoms with van der Waals surface area (Å²) in [6.07, 6.45) is 0. The molecule has 0 aliphatic carbocycles. The smallest absolute Gasteiger partial charge is 0.0722 e. The molecule has 3 heteroatoms. The molecular weight excluding hydrogens is 1450 g/mol. The highest BCUT2D eigenvalue weighted by molar-refractivity contribution is 6.15. The van der Waals surface area contributed by atoms with Crippen LogP contribution in [0.2, 0.25) is 0 Å². The maximum atomic E-state index is 5.27. The zero-order chi connectivity index (χ0) is 79.9. The molecule has 0 spiro atoms. The largest absolute Gasteiger partial charge is 0.248 e. The second kappa shape index (κ2) is 33.2. The zero-order valence-corrected chi connectivity index (χ0v) is 66.0. The fourth-order valence-corrected chi connectivity index (χ4v) is 16.9. The molecule has 0 atom stereocenters. The minimum absolute atomic E-state index is 0.957. The standard InChI is InChI=1S/C43H29N.2C37H25N/c1-3-11-30(12-4-1)33-16-9-18-37(26-33)42-28-39(35-23-24-41-36(25-35)22-21-32-15-7-8-20-40(32)41)29-43(44-42)38-19-10-17-34(27-38)31-13-5-2-6-14-31;1-3-12-26(13-4-1)36-24-31(25-37(38-36)27-14-5-2-6-15-27)28-17-11-18-29(22-28)35-23-30-16-7-8-19-32(30)33-20-9-10-21-34(33)35;1-3-11-26(12-4-1)28-19-21-29(22-20-28)36-24-31(27-13-5-2-6-14-27)25-37(38-36)35-23-30-15-7-8-16-32(30)33-17-9-10-18-34(33)35/h1-29H;2*1-25H. The molecule has 0 bridgehead atoms. The third-order valence-corrected chi connectivity index (χ3v) is 22.9. The fraction of sp³-hybridized carbons (Fsp3) is 0. The Labute approximate surface area is 699 Å². The molecule has 3 heterocycles. The van der Waals surface area contributed by atoms with Gasteiger partial charge in [-0.05, 0) is 215 Å². The van der Waals surface area contributed by atoms with Crippen LogP contribution in [0.25, 0.3) is 210 Å². The van der Waals surface area contributed by atoms with Crippen LogP contribution in [-0.4, -0.2) is 15.0 Å². The van der Waals surface area contributed by atoms with Gasteiger partial charge in [-0.25, -0.2) is 15.0 Å². The SMILES string of the molecule is c1ccc(-c2cc(-c3cccc(-c4cc5ccccc5c5ccccc45)c3)cc(-c3ccccc3)n2)cc1.c1ccc(-c2ccc(-c3cc(-c4ccccc4)cc(-c4cc5ccccc5c5ccccc45)n3)cc2)cc1.c1ccc(-c2cccc(-c3cc(-c4ccc5c(ccc6ccccc65)c4)cc(-c4cccc(-c5ccccc5)c4)n3)c2)cc1. The van der Waals surface area contributed by atoms with E-state index in [2.05, 4.69) is 467 Å². The summed E-state index contributed by atoms with van der Waals surface area (Å²) in [6, 6.07) is 170. The minimum atomic E-state index is 0.957. The van der Waals surface area contributed by atoms with Crippen LogP contribution in [0, 0.1) is 0 Å². The van der Waals surface area contributed by atoms with Crippen LogP contribution < -0.4 is 0 Å². The Kier molecular flexibility index (Phi) is 20.2. The lowest BCUT2D eigenvalue weighted by atomic mass is 9.91. The minimum Gasteiger partial charge on any atom is -0.248 e. The molecule has 22 aromatic rings. The van der Waals surface area contributed by atoms with E-state index in [-0.39, 0.29) is 0 Å². The quantitative estimate of drug-likeness (QED) is 0.108. The van der Waals surface area contributed by atoms with Gasteiger partial charge < -0.3 is 0 Å². The van der Waals surface area contributed by atoms with Crippen LogP contribution in [-0.2, 0) is 0 Å². The molecule has 0 radical (unpaired) electrons. The van der Waals surface area contributed by atoms with Crippen molar-refractivity contribution in [1.29, 1.82) is 0 Å². The van der Waals surface area contributed by atoms with Gasteiger partial charge in [0.15, 0.2) is 0 Å². The van der Waals surface area contributed by atoms with E-state index in [9.17, 15) is 0 Å². The van der Waals surface area contributed by atoms with Gasteiger partial charge in [0.25, 0.3) is 0 Å². The van der Waals surface area contributed by atoms with Crippen molar-refractivity contribution >= 4 is 64.6 Å². The van der Waals surface area contributed by atoms with Crippen LogP contribution >= 0.6 is 0 Å². The number of aromatic nitrogens is 3. The van der Waals surface area contributed by atoms with Crippen molar-refractivity contribution in [3.63, 3.8) is 0 Å². The van der Waals surface area contributed by atoms with E-state index >= 15 is 0 Å². The van der Waals surface area contributed by atoms with E-state index in [1.165, 1.54) is 126 Å². The maximum Gasteiger partial charge on any atom is 0.0722 e. The van der Waals surface area contributed by atoms with Gasteiger partial charge in [-0.2, -0.15) is 0 Å². The maximum absolute atomic E-state index is 5.27. The monoisotopic (exact) mass is 1530 g/mol. The van der Waals surface area contributed by atoms with Gasteiger partial charge in [0.05, 0.1) is 34.2 Å². The lowest BCUT2D eigenvalue weighted by Crippen LogP contribution is -1.93. The number of hydrogen-bond donors (Lipinski definition) is 0. The van der Waals surface area contributed by atoms with Gasteiger partial charge in [0, 0.05) is 33.4 Å².